The first-order valence-corrected chi connectivity index (χ1v) is 7.18. The molecule has 0 bridgehead atoms. The molecular formula is C13H26N4O. The minimum Gasteiger partial charge on any atom is -0.368 e. The van der Waals surface area contributed by atoms with E-state index in [4.69, 9.17) is 11.5 Å². The summed E-state index contributed by atoms with van der Waals surface area (Å²) in [6.07, 6.45) is 6.24. The Labute approximate surface area is 109 Å². The monoisotopic (exact) mass is 254 g/mol. The molecule has 104 valence electrons. The predicted octanol–water partition coefficient (Wildman–Crippen LogP) is -0.251. The van der Waals surface area contributed by atoms with Crippen molar-refractivity contribution in [2.75, 3.05) is 32.7 Å². The molecule has 0 aromatic carbocycles. The van der Waals surface area contributed by atoms with Crippen molar-refractivity contribution >= 4 is 5.91 Å². The quantitative estimate of drug-likeness (QED) is 0.709. The van der Waals surface area contributed by atoms with Gasteiger partial charge in [-0.25, -0.2) is 0 Å². The molecule has 0 aromatic rings. The zero-order chi connectivity index (χ0) is 13.0. The minimum absolute atomic E-state index is 0.389. The number of amides is 1. The molecule has 5 nitrogen and oxygen atoms in total. The van der Waals surface area contributed by atoms with Crippen LogP contribution in [0.2, 0.25) is 0 Å². The molecular weight excluding hydrogens is 228 g/mol. The minimum atomic E-state index is -0.488. The molecule has 1 aliphatic heterocycles. The molecule has 0 radical (unpaired) electrons. The van der Waals surface area contributed by atoms with Gasteiger partial charge in [0.2, 0.25) is 5.91 Å². The number of carbonyl (C=O) groups is 1. The van der Waals surface area contributed by atoms with Crippen molar-refractivity contribution in [3.63, 3.8) is 0 Å². The van der Waals surface area contributed by atoms with Gasteiger partial charge >= 0.3 is 0 Å². The highest BCUT2D eigenvalue weighted by Crippen LogP contribution is 2.24. The summed E-state index contributed by atoms with van der Waals surface area (Å²) in [4.78, 5) is 15.9. The molecule has 1 amide bonds. The lowest BCUT2D eigenvalue weighted by Crippen LogP contribution is -2.50. The molecule has 5 heteroatoms. The molecule has 1 heterocycles. The van der Waals surface area contributed by atoms with Crippen LogP contribution < -0.4 is 11.5 Å². The molecule has 4 N–H and O–H groups in total. The Morgan fingerprint density at radius 1 is 1.17 bits per heavy atom. The summed E-state index contributed by atoms with van der Waals surface area (Å²) in [6.45, 7) is 5.42. The molecule has 1 unspecified atom stereocenters. The van der Waals surface area contributed by atoms with E-state index >= 15 is 0 Å². The van der Waals surface area contributed by atoms with E-state index < -0.39 is 6.04 Å². The average Bonchev–Trinajstić information content (AvgIpc) is 2.90. The zero-order valence-corrected chi connectivity index (χ0v) is 11.2. The van der Waals surface area contributed by atoms with Crippen LogP contribution in [0.25, 0.3) is 0 Å². The normalized spacial score (nSPS) is 25.4. The van der Waals surface area contributed by atoms with Gasteiger partial charge < -0.3 is 16.4 Å². The highest BCUT2D eigenvalue weighted by atomic mass is 16.1. The van der Waals surface area contributed by atoms with Crippen LogP contribution in [0.5, 0.6) is 0 Å². The summed E-state index contributed by atoms with van der Waals surface area (Å²) in [5.41, 5.74) is 10.8. The molecule has 0 aromatic heterocycles. The maximum absolute atomic E-state index is 10.9. The van der Waals surface area contributed by atoms with E-state index in [-0.39, 0.29) is 5.91 Å². The van der Waals surface area contributed by atoms with Gasteiger partial charge in [-0.15, -0.1) is 0 Å². The van der Waals surface area contributed by atoms with Gasteiger partial charge in [-0.3, -0.25) is 9.69 Å². The number of carbonyl (C=O) groups excluding carboxylic acids is 1. The number of hydrogen-bond acceptors (Lipinski definition) is 4. The fraction of sp³-hybridized carbons (Fsp3) is 0.923. The van der Waals surface area contributed by atoms with Crippen LogP contribution in [-0.2, 0) is 4.79 Å². The lowest BCUT2D eigenvalue weighted by molar-refractivity contribution is -0.119. The Morgan fingerprint density at radius 2 is 1.78 bits per heavy atom. The van der Waals surface area contributed by atoms with E-state index in [0.29, 0.717) is 6.42 Å². The number of piperazine rings is 1. The van der Waals surface area contributed by atoms with Gasteiger partial charge in [0.25, 0.3) is 0 Å². The summed E-state index contributed by atoms with van der Waals surface area (Å²) < 4.78 is 0. The highest BCUT2D eigenvalue weighted by Gasteiger charge is 2.26. The first kappa shape index (κ1) is 13.8. The summed E-state index contributed by atoms with van der Waals surface area (Å²) in [5, 5.41) is 0. The molecule has 1 saturated carbocycles. The van der Waals surface area contributed by atoms with Gasteiger partial charge in [0.1, 0.15) is 0 Å². The van der Waals surface area contributed by atoms with Gasteiger partial charge in [-0.2, -0.15) is 0 Å². The predicted molar refractivity (Wildman–Crippen MR) is 72.1 cm³/mol. The van der Waals surface area contributed by atoms with Crippen LogP contribution in [0.4, 0.5) is 0 Å². The van der Waals surface area contributed by atoms with E-state index in [1.165, 1.54) is 25.7 Å². The Bertz CT molecular complexity index is 270. The second-order valence-electron chi connectivity index (χ2n) is 5.61. The SMILES string of the molecule is NC(=O)C(N)CCN1CCN(C2CCCC2)CC1. The van der Waals surface area contributed by atoms with Crippen LogP contribution in [0.15, 0.2) is 0 Å². The van der Waals surface area contributed by atoms with Crippen LogP contribution >= 0.6 is 0 Å². The number of nitrogens with zero attached hydrogens (tertiary/aromatic N) is 2. The van der Waals surface area contributed by atoms with Crippen molar-refractivity contribution in [3.8, 4) is 0 Å². The van der Waals surface area contributed by atoms with Crippen molar-refractivity contribution in [1.29, 1.82) is 0 Å². The molecule has 18 heavy (non-hydrogen) atoms. The highest BCUT2D eigenvalue weighted by molar-refractivity contribution is 5.79. The fourth-order valence-corrected chi connectivity index (χ4v) is 3.09. The molecule has 1 atom stereocenters. The van der Waals surface area contributed by atoms with E-state index in [1.54, 1.807) is 0 Å². The third kappa shape index (κ3) is 3.67. The molecule has 2 fully saturated rings. The molecule has 2 aliphatic rings. The van der Waals surface area contributed by atoms with Crippen molar-refractivity contribution < 1.29 is 4.79 Å². The lowest BCUT2D eigenvalue weighted by Gasteiger charge is -2.38. The van der Waals surface area contributed by atoms with Crippen molar-refractivity contribution in [3.05, 3.63) is 0 Å². The van der Waals surface area contributed by atoms with Gasteiger partial charge in [0.15, 0.2) is 0 Å². The number of primary amides is 1. The van der Waals surface area contributed by atoms with E-state index in [1.807, 2.05) is 0 Å². The number of nitrogens with two attached hydrogens (primary N) is 2. The van der Waals surface area contributed by atoms with Gasteiger partial charge in [-0.1, -0.05) is 12.8 Å². The summed E-state index contributed by atoms with van der Waals surface area (Å²) in [6, 6.07) is 0.345. The Morgan fingerprint density at radius 3 is 2.33 bits per heavy atom. The zero-order valence-electron chi connectivity index (χ0n) is 11.2. The number of rotatable bonds is 5. The van der Waals surface area contributed by atoms with Gasteiger partial charge in [0.05, 0.1) is 6.04 Å². The van der Waals surface area contributed by atoms with Crippen LogP contribution in [0.3, 0.4) is 0 Å². The third-order valence-electron chi connectivity index (χ3n) is 4.37. The van der Waals surface area contributed by atoms with Crippen molar-refractivity contribution in [2.45, 2.75) is 44.2 Å². The van der Waals surface area contributed by atoms with Crippen molar-refractivity contribution in [2.24, 2.45) is 11.5 Å². The maximum atomic E-state index is 10.9. The van der Waals surface area contributed by atoms with E-state index in [0.717, 1.165) is 38.8 Å². The summed E-state index contributed by atoms with van der Waals surface area (Å²) in [7, 11) is 0. The second-order valence-corrected chi connectivity index (χ2v) is 5.61. The van der Waals surface area contributed by atoms with Crippen LogP contribution in [0.1, 0.15) is 32.1 Å². The summed E-state index contributed by atoms with van der Waals surface area (Å²) >= 11 is 0. The largest absolute Gasteiger partial charge is 0.368 e. The molecule has 2 rings (SSSR count). The first-order chi connectivity index (χ1) is 8.66. The van der Waals surface area contributed by atoms with Crippen LogP contribution in [-0.4, -0.2) is 60.5 Å². The van der Waals surface area contributed by atoms with E-state index in [9.17, 15) is 4.79 Å². The molecule has 0 spiro atoms. The topological polar surface area (TPSA) is 75.6 Å². The molecule has 1 saturated heterocycles. The summed E-state index contributed by atoms with van der Waals surface area (Å²) in [5.74, 6) is -0.389. The smallest absolute Gasteiger partial charge is 0.234 e. The fourth-order valence-electron chi connectivity index (χ4n) is 3.09. The maximum Gasteiger partial charge on any atom is 0.234 e. The second kappa shape index (κ2) is 6.50. The van der Waals surface area contributed by atoms with Gasteiger partial charge in [0, 0.05) is 38.8 Å². The van der Waals surface area contributed by atoms with Crippen LogP contribution in [0, 0.1) is 0 Å². The van der Waals surface area contributed by atoms with Gasteiger partial charge in [-0.05, 0) is 19.3 Å². The Kier molecular flexibility index (Phi) is 4.97. The number of hydrogen-bond donors (Lipinski definition) is 2. The molecule has 1 aliphatic carbocycles. The van der Waals surface area contributed by atoms with E-state index in [2.05, 4.69) is 9.80 Å². The Hall–Kier alpha value is -0.650. The lowest BCUT2D eigenvalue weighted by atomic mass is 10.1. The third-order valence-corrected chi connectivity index (χ3v) is 4.37. The average molecular weight is 254 g/mol. The standard InChI is InChI=1S/C13H26N4O/c14-12(13(15)18)5-6-16-7-9-17(10-8-16)11-3-1-2-4-11/h11-12H,1-10,14H2,(H2,15,18). The van der Waals surface area contributed by atoms with Crippen molar-refractivity contribution in [1.82, 2.24) is 9.80 Å². The first-order valence-electron chi connectivity index (χ1n) is 7.18. The Balaban J connectivity index is 1.65.